The second kappa shape index (κ2) is 6.31. The number of amides is 1. The van der Waals surface area contributed by atoms with Gasteiger partial charge in [-0.25, -0.2) is 9.18 Å². The Kier molecular flexibility index (Phi) is 4.69. The highest BCUT2D eigenvalue weighted by Gasteiger charge is 2.25. The van der Waals surface area contributed by atoms with Gasteiger partial charge >= 0.3 is 10.7 Å². The van der Waals surface area contributed by atoms with Gasteiger partial charge in [0, 0.05) is 5.69 Å². The molecule has 0 aliphatic rings. The number of hydrogen-bond donors (Lipinski definition) is 2. The number of carbonyl (C=O) groups excluding carboxylic acids is 1. The SMILES string of the molecule is CC(Sc1c(=O)o[nH][n+]1C)C(=O)Nc1ccc(F)c(Cl)c1. The summed E-state index contributed by atoms with van der Waals surface area (Å²) in [5, 5.41) is 4.60. The third-order valence-corrected chi connectivity index (χ3v) is 4.12. The molecule has 0 saturated heterocycles. The summed E-state index contributed by atoms with van der Waals surface area (Å²) < 4.78 is 19.0. The van der Waals surface area contributed by atoms with Crippen molar-refractivity contribution in [3.05, 3.63) is 39.5 Å². The van der Waals surface area contributed by atoms with Crippen LogP contribution in [0.1, 0.15) is 6.92 Å². The number of carbonyl (C=O) groups is 1. The van der Waals surface area contributed by atoms with Crippen LogP contribution < -0.4 is 15.6 Å². The van der Waals surface area contributed by atoms with E-state index in [1.54, 1.807) is 14.0 Å². The van der Waals surface area contributed by atoms with Crippen LogP contribution in [0.2, 0.25) is 5.02 Å². The zero-order chi connectivity index (χ0) is 15.6. The number of anilines is 1. The zero-order valence-electron chi connectivity index (χ0n) is 11.1. The molecule has 1 heterocycles. The summed E-state index contributed by atoms with van der Waals surface area (Å²) in [6, 6.07) is 3.88. The van der Waals surface area contributed by atoms with E-state index in [-0.39, 0.29) is 16.0 Å². The lowest BCUT2D eigenvalue weighted by Crippen LogP contribution is -2.35. The Balaban J connectivity index is 2.06. The van der Waals surface area contributed by atoms with Gasteiger partial charge in [-0.05, 0) is 42.2 Å². The zero-order valence-corrected chi connectivity index (χ0v) is 12.7. The molecule has 1 unspecified atom stereocenters. The fourth-order valence-electron chi connectivity index (χ4n) is 1.50. The lowest BCUT2D eigenvalue weighted by Gasteiger charge is -2.09. The normalized spacial score (nSPS) is 12.2. The Morgan fingerprint density at radius 2 is 2.29 bits per heavy atom. The fraction of sp³-hybridized carbons (Fsp3) is 0.250. The van der Waals surface area contributed by atoms with Crippen LogP contribution in [-0.4, -0.2) is 16.4 Å². The average molecular weight is 333 g/mol. The third kappa shape index (κ3) is 3.64. The van der Waals surface area contributed by atoms with Crippen molar-refractivity contribution in [3.63, 3.8) is 0 Å². The number of H-pyrrole nitrogens is 1. The third-order valence-electron chi connectivity index (χ3n) is 2.60. The molecule has 2 aromatic rings. The molecule has 9 heteroatoms. The van der Waals surface area contributed by atoms with Crippen LogP contribution in [-0.2, 0) is 11.8 Å². The minimum absolute atomic E-state index is 0.0780. The van der Waals surface area contributed by atoms with Gasteiger partial charge in [0.15, 0.2) is 7.05 Å². The van der Waals surface area contributed by atoms with E-state index in [0.29, 0.717) is 5.69 Å². The van der Waals surface area contributed by atoms with Crippen molar-refractivity contribution >= 4 is 35.0 Å². The molecule has 1 amide bonds. The van der Waals surface area contributed by atoms with Crippen molar-refractivity contribution in [3.8, 4) is 0 Å². The largest absolute Gasteiger partial charge is 0.441 e. The summed E-state index contributed by atoms with van der Waals surface area (Å²) >= 11 is 6.69. The molecule has 0 fully saturated rings. The first kappa shape index (κ1) is 15.6. The Bertz CT molecular complexity index is 731. The minimum Gasteiger partial charge on any atom is -0.325 e. The predicted molar refractivity (Wildman–Crippen MR) is 75.9 cm³/mol. The first-order valence-electron chi connectivity index (χ1n) is 5.88. The number of aromatic amines is 1. The quantitative estimate of drug-likeness (QED) is 0.660. The lowest BCUT2D eigenvalue weighted by molar-refractivity contribution is -0.772. The Morgan fingerprint density at radius 1 is 1.57 bits per heavy atom. The van der Waals surface area contributed by atoms with Crippen LogP contribution in [0.15, 0.2) is 32.5 Å². The van der Waals surface area contributed by atoms with Crippen molar-refractivity contribution in [1.29, 1.82) is 0 Å². The van der Waals surface area contributed by atoms with Gasteiger partial charge in [-0.3, -0.25) is 9.32 Å². The molecular formula is C12H12ClFN3O3S+. The van der Waals surface area contributed by atoms with E-state index in [9.17, 15) is 14.0 Å². The van der Waals surface area contributed by atoms with Crippen molar-refractivity contribution in [2.45, 2.75) is 17.2 Å². The first-order valence-corrected chi connectivity index (χ1v) is 7.14. The van der Waals surface area contributed by atoms with Crippen molar-refractivity contribution in [1.82, 2.24) is 5.27 Å². The molecule has 0 aliphatic carbocycles. The minimum atomic E-state index is -0.561. The van der Waals surface area contributed by atoms with E-state index in [2.05, 4.69) is 15.1 Å². The van der Waals surface area contributed by atoms with E-state index in [0.717, 1.165) is 17.8 Å². The first-order chi connectivity index (χ1) is 9.88. The Hall–Kier alpha value is -1.80. The maximum absolute atomic E-state index is 13.0. The van der Waals surface area contributed by atoms with Gasteiger partial charge in [0.2, 0.25) is 5.91 Å². The smallest absolute Gasteiger partial charge is 0.325 e. The van der Waals surface area contributed by atoms with Gasteiger partial charge in [-0.2, -0.15) is 0 Å². The van der Waals surface area contributed by atoms with Gasteiger partial charge in [-0.15, -0.1) is 0 Å². The van der Waals surface area contributed by atoms with E-state index >= 15 is 0 Å². The van der Waals surface area contributed by atoms with Crippen molar-refractivity contribution in [2.75, 3.05) is 5.32 Å². The fourth-order valence-corrected chi connectivity index (χ4v) is 2.51. The molecule has 1 atom stereocenters. The summed E-state index contributed by atoms with van der Waals surface area (Å²) in [5.41, 5.74) is -0.170. The molecule has 2 N–H and O–H groups in total. The van der Waals surface area contributed by atoms with Gasteiger partial charge in [0.25, 0.3) is 0 Å². The number of hydrogen-bond acceptors (Lipinski definition) is 4. The standard InChI is InChI=1S/C12H11ClFN3O3S/c1-6(21-11-12(19)20-16-17(11)2)10(18)15-7-3-4-9(14)8(13)5-7/h3-6H,1-2H3,(H-,15,16,18,19)/p+1. The maximum atomic E-state index is 13.0. The van der Waals surface area contributed by atoms with E-state index in [1.807, 2.05) is 0 Å². The topological polar surface area (TPSA) is 79.0 Å². The molecule has 0 aliphatic heterocycles. The monoisotopic (exact) mass is 332 g/mol. The molecule has 21 heavy (non-hydrogen) atoms. The average Bonchev–Trinajstić information content (AvgIpc) is 2.74. The van der Waals surface area contributed by atoms with Crippen LogP contribution in [0.5, 0.6) is 0 Å². The summed E-state index contributed by atoms with van der Waals surface area (Å²) in [4.78, 5) is 23.4. The van der Waals surface area contributed by atoms with E-state index in [4.69, 9.17) is 11.6 Å². The molecule has 1 aromatic heterocycles. The number of benzene rings is 1. The number of halogens is 2. The Morgan fingerprint density at radius 3 is 2.86 bits per heavy atom. The number of nitrogens with one attached hydrogen (secondary N) is 2. The van der Waals surface area contributed by atoms with E-state index < -0.39 is 16.7 Å². The second-order valence-electron chi connectivity index (χ2n) is 4.22. The molecular weight excluding hydrogens is 321 g/mol. The number of rotatable bonds is 4. The lowest BCUT2D eigenvalue weighted by atomic mass is 10.3. The summed E-state index contributed by atoms with van der Waals surface area (Å²) in [6.45, 7) is 1.64. The number of aryl methyl sites for hydroxylation is 1. The van der Waals surface area contributed by atoms with Crippen LogP contribution in [0.25, 0.3) is 0 Å². The maximum Gasteiger partial charge on any atom is 0.441 e. The van der Waals surface area contributed by atoms with Crippen LogP contribution in [0.3, 0.4) is 0 Å². The van der Waals surface area contributed by atoms with Gasteiger partial charge in [-0.1, -0.05) is 16.3 Å². The molecule has 0 radical (unpaired) electrons. The second-order valence-corrected chi connectivity index (χ2v) is 5.96. The highest BCUT2D eigenvalue weighted by molar-refractivity contribution is 8.00. The summed E-state index contributed by atoms with van der Waals surface area (Å²) in [5.74, 6) is -0.905. The molecule has 6 nitrogen and oxygen atoms in total. The molecule has 0 bridgehead atoms. The molecule has 112 valence electrons. The van der Waals surface area contributed by atoms with Crippen LogP contribution in [0, 0.1) is 5.82 Å². The molecule has 1 aromatic carbocycles. The van der Waals surface area contributed by atoms with Crippen molar-refractivity contribution in [2.24, 2.45) is 7.05 Å². The number of thioether (sulfide) groups is 1. The highest BCUT2D eigenvalue weighted by Crippen LogP contribution is 2.22. The predicted octanol–water partition coefficient (Wildman–Crippen LogP) is 1.70. The van der Waals surface area contributed by atoms with Gasteiger partial charge in [0.1, 0.15) is 5.82 Å². The molecule has 2 rings (SSSR count). The molecule has 0 saturated carbocycles. The van der Waals surface area contributed by atoms with Crippen LogP contribution >= 0.6 is 23.4 Å². The molecule has 0 spiro atoms. The summed E-state index contributed by atoms with van der Waals surface area (Å²) in [7, 11) is 1.59. The highest BCUT2D eigenvalue weighted by atomic mass is 35.5. The van der Waals surface area contributed by atoms with E-state index in [1.165, 1.54) is 16.8 Å². The van der Waals surface area contributed by atoms with Gasteiger partial charge < -0.3 is 5.32 Å². The Labute approximate surface area is 128 Å². The summed E-state index contributed by atoms with van der Waals surface area (Å²) in [6.07, 6.45) is 0. The number of aromatic nitrogens is 2. The van der Waals surface area contributed by atoms with Crippen LogP contribution in [0.4, 0.5) is 10.1 Å². The van der Waals surface area contributed by atoms with Crippen molar-refractivity contribution < 1.29 is 18.4 Å². The van der Waals surface area contributed by atoms with Gasteiger partial charge in [0.05, 0.1) is 10.3 Å². The number of nitrogens with zero attached hydrogens (tertiary/aromatic N) is 1.